The van der Waals surface area contributed by atoms with Crippen LogP contribution < -0.4 is 14.8 Å². The molecule has 3 aromatic carbocycles. The lowest BCUT2D eigenvalue weighted by Gasteiger charge is -2.12. The number of rotatable bonds is 6. The number of hydrogen-bond acceptors (Lipinski definition) is 4. The third-order valence-electron chi connectivity index (χ3n) is 4.08. The van der Waals surface area contributed by atoms with Crippen LogP contribution in [0.4, 0.5) is 5.69 Å². The lowest BCUT2D eigenvalue weighted by atomic mass is 10.2. The summed E-state index contributed by atoms with van der Waals surface area (Å²) >= 11 is 0. The first-order valence-corrected chi connectivity index (χ1v) is 10.1. The number of para-hydroxylation sites is 2. The molecule has 28 heavy (non-hydrogen) atoms. The SMILES string of the molecule is CNS(=O)(=O)c1ccc(C(=O)Nc2ccccc2Oc2ccc(C)cc2)cc1. The molecule has 3 aromatic rings. The molecule has 0 saturated carbocycles. The van der Waals surface area contributed by atoms with Gasteiger partial charge in [0.05, 0.1) is 10.6 Å². The largest absolute Gasteiger partial charge is 0.455 e. The summed E-state index contributed by atoms with van der Waals surface area (Å²) < 4.78 is 31.7. The lowest BCUT2D eigenvalue weighted by Crippen LogP contribution is -2.19. The Bertz CT molecular complexity index is 1080. The number of sulfonamides is 1. The third kappa shape index (κ3) is 4.57. The summed E-state index contributed by atoms with van der Waals surface area (Å²) in [4.78, 5) is 12.7. The molecule has 0 radical (unpaired) electrons. The Balaban J connectivity index is 1.78. The van der Waals surface area contributed by atoms with Gasteiger partial charge in [0.25, 0.3) is 5.91 Å². The van der Waals surface area contributed by atoms with Gasteiger partial charge in [0.1, 0.15) is 5.75 Å². The van der Waals surface area contributed by atoms with Crippen molar-refractivity contribution < 1.29 is 17.9 Å². The van der Waals surface area contributed by atoms with Gasteiger partial charge >= 0.3 is 0 Å². The van der Waals surface area contributed by atoms with Crippen molar-refractivity contribution in [3.05, 3.63) is 83.9 Å². The fourth-order valence-corrected chi connectivity index (χ4v) is 3.22. The van der Waals surface area contributed by atoms with E-state index in [-0.39, 0.29) is 10.8 Å². The Hall–Kier alpha value is -3.16. The fourth-order valence-electron chi connectivity index (χ4n) is 2.49. The molecule has 0 aliphatic rings. The lowest BCUT2D eigenvalue weighted by molar-refractivity contribution is 0.102. The Morgan fingerprint density at radius 2 is 1.54 bits per heavy atom. The molecule has 0 aliphatic carbocycles. The van der Waals surface area contributed by atoms with Crippen molar-refractivity contribution in [2.45, 2.75) is 11.8 Å². The van der Waals surface area contributed by atoms with Crippen molar-refractivity contribution in [3.8, 4) is 11.5 Å². The number of anilines is 1. The average molecular weight is 396 g/mol. The highest BCUT2D eigenvalue weighted by atomic mass is 32.2. The van der Waals surface area contributed by atoms with Gasteiger partial charge in [-0.1, -0.05) is 29.8 Å². The quantitative estimate of drug-likeness (QED) is 0.661. The second-order valence-electron chi connectivity index (χ2n) is 6.10. The van der Waals surface area contributed by atoms with E-state index in [2.05, 4.69) is 10.0 Å². The van der Waals surface area contributed by atoms with Crippen molar-refractivity contribution in [1.82, 2.24) is 4.72 Å². The van der Waals surface area contributed by atoms with E-state index in [9.17, 15) is 13.2 Å². The molecule has 2 N–H and O–H groups in total. The molecule has 0 aromatic heterocycles. The molecule has 0 bridgehead atoms. The number of hydrogen-bond donors (Lipinski definition) is 2. The number of carbonyl (C=O) groups is 1. The third-order valence-corrected chi connectivity index (χ3v) is 5.51. The molecule has 7 heteroatoms. The predicted molar refractivity (Wildman–Crippen MR) is 108 cm³/mol. The Kier molecular flexibility index (Phi) is 5.77. The topological polar surface area (TPSA) is 84.5 Å². The van der Waals surface area contributed by atoms with E-state index in [0.717, 1.165) is 5.56 Å². The van der Waals surface area contributed by atoms with Crippen molar-refractivity contribution in [2.75, 3.05) is 12.4 Å². The Morgan fingerprint density at radius 3 is 2.18 bits per heavy atom. The zero-order valence-corrected chi connectivity index (χ0v) is 16.3. The number of ether oxygens (including phenoxy) is 1. The zero-order valence-electron chi connectivity index (χ0n) is 15.5. The first kappa shape index (κ1) is 19.6. The summed E-state index contributed by atoms with van der Waals surface area (Å²) in [6.45, 7) is 1.99. The first-order chi connectivity index (χ1) is 13.4. The van der Waals surface area contributed by atoms with Crippen LogP contribution in [0.3, 0.4) is 0 Å². The van der Waals surface area contributed by atoms with Crippen LogP contribution >= 0.6 is 0 Å². The Morgan fingerprint density at radius 1 is 0.893 bits per heavy atom. The second-order valence-corrected chi connectivity index (χ2v) is 7.98. The van der Waals surface area contributed by atoms with Crippen LogP contribution in [0.5, 0.6) is 11.5 Å². The molecule has 6 nitrogen and oxygen atoms in total. The normalized spacial score (nSPS) is 11.1. The summed E-state index contributed by atoms with van der Waals surface area (Å²) in [6.07, 6.45) is 0. The zero-order chi connectivity index (χ0) is 20.1. The van der Waals surface area contributed by atoms with Gasteiger partial charge in [-0.3, -0.25) is 4.79 Å². The maximum atomic E-state index is 12.6. The number of amides is 1. The predicted octanol–water partition coefficient (Wildman–Crippen LogP) is 3.95. The monoisotopic (exact) mass is 396 g/mol. The minimum atomic E-state index is -3.55. The summed E-state index contributed by atoms with van der Waals surface area (Å²) in [5.41, 5.74) is 1.97. The van der Waals surface area contributed by atoms with Gasteiger partial charge in [-0.2, -0.15) is 0 Å². The number of aryl methyl sites for hydroxylation is 1. The van der Waals surface area contributed by atoms with E-state index >= 15 is 0 Å². The summed E-state index contributed by atoms with van der Waals surface area (Å²) in [5, 5.41) is 2.80. The van der Waals surface area contributed by atoms with E-state index in [0.29, 0.717) is 22.7 Å². The molecule has 0 heterocycles. The molecular formula is C21H20N2O4S. The van der Waals surface area contributed by atoms with Gasteiger partial charge in [0.2, 0.25) is 10.0 Å². The van der Waals surface area contributed by atoms with E-state index in [1.807, 2.05) is 37.3 Å². The highest BCUT2D eigenvalue weighted by Gasteiger charge is 2.14. The molecule has 0 unspecified atom stereocenters. The average Bonchev–Trinajstić information content (AvgIpc) is 2.71. The minimum absolute atomic E-state index is 0.0923. The summed E-state index contributed by atoms with van der Waals surface area (Å²) in [6, 6.07) is 20.4. The van der Waals surface area contributed by atoms with Crippen LogP contribution in [0, 0.1) is 6.92 Å². The number of benzene rings is 3. The van der Waals surface area contributed by atoms with Crippen LogP contribution in [0.2, 0.25) is 0 Å². The highest BCUT2D eigenvalue weighted by Crippen LogP contribution is 2.29. The molecule has 144 valence electrons. The molecular weight excluding hydrogens is 376 g/mol. The first-order valence-electron chi connectivity index (χ1n) is 8.57. The van der Waals surface area contributed by atoms with Crippen molar-refractivity contribution in [3.63, 3.8) is 0 Å². The van der Waals surface area contributed by atoms with Gasteiger partial charge in [0.15, 0.2) is 5.75 Å². The van der Waals surface area contributed by atoms with E-state index in [4.69, 9.17) is 4.74 Å². The molecule has 0 fully saturated rings. The second kappa shape index (κ2) is 8.24. The van der Waals surface area contributed by atoms with Crippen LogP contribution in [0.1, 0.15) is 15.9 Å². The molecule has 1 amide bonds. The van der Waals surface area contributed by atoms with E-state index in [1.165, 1.54) is 31.3 Å². The van der Waals surface area contributed by atoms with Crippen LogP contribution in [0.15, 0.2) is 77.7 Å². The van der Waals surface area contributed by atoms with Crippen molar-refractivity contribution in [1.29, 1.82) is 0 Å². The molecule has 3 rings (SSSR count). The molecule has 0 saturated heterocycles. The summed E-state index contributed by atoms with van der Waals surface area (Å²) in [7, 11) is -2.21. The fraction of sp³-hybridized carbons (Fsp3) is 0.0952. The number of carbonyl (C=O) groups excluding carboxylic acids is 1. The van der Waals surface area contributed by atoms with Crippen molar-refractivity contribution in [2.24, 2.45) is 0 Å². The van der Waals surface area contributed by atoms with E-state index < -0.39 is 10.0 Å². The van der Waals surface area contributed by atoms with E-state index in [1.54, 1.807) is 18.2 Å². The van der Waals surface area contributed by atoms with Crippen LogP contribution in [0.25, 0.3) is 0 Å². The van der Waals surface area contributed by atoms with Gasteiger partial charge in [-0.15, -0.1) is 0 Å². The van der Waals surface area contributed by atoms with Crippen molar-refractivity contribution >= 4 is 21.6 Å². The Labute approximate surface area is 164 Å². The molecule has 0 atom stereocenters. The van der Waals surface area contributed by atoms with Crippen LogP contribution in [-0.2, 0) is 10.0 Å². The number of nitrogens with one attached hydrogen (secondary N) is 2. The maximum Gasteiger partial charge on any atom is 0.255 e. The van der Waals surface area contributed by atoms with Gasteiger partial charge < -0.3 is 10.1 Å². The van der Waals surface area contributed by atoms with Gasteiger partial charge in [-0.05, 0) is 62.5 Å². The van der Waals surface area contributed by atoms with Crippen LogP contribution in [-0.4, -0.2) is 21.4 Å². The maximum absolute atomic E-state index is 12.6. The van der Waals surface area contributed by atoms with Gasteiger partial charge in [-0.25, -0.2) is 13.1 Å². The van der Waals surface area contributed by atoms with Gasteiger partial charge in [0, 0.05) is 5.56 Å². The minimum Gasteiger partial charge on any atom is -0.455 e. The smallest absolute Gasteiger partial charge is 0.255 e. The molecule has 0 spiro atoms. The standard InChI is InChI=1S/C21H20N2O4S/c1-15-7-11-17(12-8-15)27-20-6-4-3-5-19(20)23-21(24)16-9-13-18(14-10-16)28(25,26)22-2/h3-14,22H,1-2H3,(H,23,24). The summed E-state index contributed by atoms with van der Waals surface area (Å²) in [5.74, 6) is 0.802. The molecule has 0 aliphatic heterocycles. The highest BCUT2D eigenvalue weighted by molar-refractivity contribution is 7.89.